The standard InChI is InChI=1S/C8H6ClIN2O/c1-12-7-5(10)3-2-4(9)6(7)8(13)11-12/h2-3H,1H3,(H,11,13). The average Bonchev–Trinajstić information content (AvgIpc) is 2.36. The molecule has 0 spiro atoms. The predicted octanol–water partition coefficient (Wildman–Crippen LogP) is 2.12. The van der Waals surface area contributed by atoms with Crippen molar-refractivity contribution in [2.24, 2.45) is 7.05 Å². The summed E-state index contributed by atoms with van der Waals surface area (Å²) in [4.78, 5) is 11.4. The van der Waals surface area contributed by atoms with Crippen LogP contribution < -0.4 is 5.56 Å². The van der Waals surface area contributed by atoms with Crippen molar-refractivity contribution in [1.82, 2.24) is 9.78 Å². The first kappa shape index (κ1) is 9.08. The summed E-state index contributed by atoms with van der Waals surface area (Å²) in [6.07, 6.45) is 0. The lowest BCUT2D eigenvalue weighted by molar-refractivity contribution is 0.782. The van der Waals surface area contributed by atoms with E-state index in [1.54, 1.807) is 17.8 Å². The lowest BCUT2D eigenvalue weighted by Crippen LogP contribution is -2.01. The van der Waals surface area contributed by atoms with Crippen LogP contribution in [0.25, 0.3) is 10.9 Å². The third-order valence-corrected chi connectivity index (χ3v) is 3.10. The highest BCUT2D eigenvalue weighted by Gasteiger charge is 2.10. The van der Waals surface area contributed by atoms with E-state index in [0.29, 0.717) is 10.4 Å². The molecule has 0 fully saturated rings. The fourth-order valence-electron chi connectivity index (χ4n) is 1.35. The Bertz CT molecular complexity index is 529. The molecule has 0 aliphatic rings. The van der Waals surface area contributed by atoms with Crippen LogP contribution in [0.4, 0.5) is 0 Å². The summed E-state index contributed by atoms with van der Waals surface area (Å²) in [6, 6.07) is 3.62. The minimum Gasteiger partial charge on any atom is -0.286 e. The molecule has 1 heterocycles. The van der Waals surface area contributed by atoms with Crippen LogP contribution >= 0.6 is 34.2 Å². The number of H-pyrrole nitrogens is 1. The molecule has 0 bridgehead atoms. The van der Waals surface area contributed by atoms with E-state index >= 15 is 0 Å². The van der Waals surface area contributed by atoms with Crippen molar-refractivity contribution < 1.29 is 0 Å². The van der Waals surface area contributed by atoms with Gasteiger partial charge in [-0.2, -0.15) is 0 Å². The number of aromatic amines is 1. The van der Waals surface area contributed by atoms with Gasteiger partial charge in [0.25, 0.3) is 5.56 Å². The molecule has 0 radical (unpaired) electrons. The zero-order chi connectivity index (χ0) is 9.59. The van der Waals surface area contributed by atoms with Gasteiger partial charge in [-0.1, -0.05) is 11.6 Å². The van der Waals surface area contributed by atoms with E-state index < -0.39 is 0 Å². The zero-order valence-electron chi connectivity index (χ0n) is 6.77. The van der Waals surface area contributed by atoms with Gasteiger partial charge < -0.3 is 0 Å². The first-order valence-corrected chi connectivity index (χ1v) is 5.09. The summed E-state index contributed by atoms with van der Waals surface area (Å²) in [6.45, 7) is 0. The van der Waals surface area contributed by atoms with Crippen molar-refractivity contribution in [3.63, 3.8) is 0 Å². The lowest BCUT2D eigenvalue weighted by Gasteiger charge is -1.98. The highest BCUT2D eigenvalue weighted by atomic mass is 127. The van der Waals surface area contributed by atoms with Gasteiger partial charge in [-0.05, 0) is 34.7 Å². The monoisotopic (exact) mass is 308 g/mol. The molecular formula is C8H6ClIN2O. The van der Waals surface area contributed by atoms with Gasteiger partial charge in [0.05, 0.1) is 15.9 Å². The molecule has 3 nitrogen and oxygen atoms in total. The Morgan fingerprint density at radius 2 is 2.23 bits per heavy atom. The summed E-state index contributed by atoms with van der Waals surface area (Å²) >= 11 is 8.09. The number of halogens is 2. The van der Waals surface area contributed by atoms with Crippen molar-refractivity contribution in [2.75, 3.05) is 0 Å². The first-order valence-electron chi connectivity index (χ1n) is 3.64. The molecule has 1 aromatic carbocycles. The minimum absolute atomic E-state index is 0.138. The number of hydrogen-bond acceptors (Lipinski definition) is 1. The van der Waals surface area contributed by atoms with Crippen LogP contribution in [0, 0.1) is 3.57 Å². The second kappa shape index (κ2) is 3.02. The Kier molecular flexibility index (Phi) is 2.11. The van der Waals surface area contributed by atoms with E-state index in [0.717, 1.165) is 9.09 Å². The normalized spacial score (nSPS) is 11.0. The number of hydrogen-bond donors (Lipinski definition) is 1. The predicted molar refractivity (Wildman–Crippen MR) is 61.3 cm³/mol. The summed E-state index contributed by atoms with van der Waals surface area (Å²) in [5.74, 6) is 0. The third kappa shape index (κ3) is 1.28. The Hall–Kier alpha value is -0.490. The maximum absolute atomic E-state index is 11.4. The van der Waals surface area contributed by atoms with Crippen LogP contribution in [-0.2, 0) is 7.05 Å². The van der Waals surface area contributed by atoms with Gasteiger partial charge in [-0.25, -0.2) is 0 Å². The maximum atomic E-state index is 11.4. The summed E-state index contributed by atoms with van der Waals surface area (Å²) < 4.78 is 2.70. The Balaban J connectivity index is 3.12. The van der Waals surface area contributed by atoms with Crippen molar-refractivity contribution in [2.45, 2.75) is 0 Å². The number of rotatable bonds is 0. The molecule has 1 N–H and O–H groups in total. The second-order valence-electron chi connectivity index (χ2n) is 2.75. The smallest absolute Gasteiger partial charge is 0.273 e. The van der Waals surface area contributed by atoms with Crippen molar-refractivity contribution in [1.29, 1.82) is 0 Å². The Morgan fingerprint density at radius 3 is 2.85 bits per heavy atom. The second-order valence-corrected chi connectivity index (χ2v) is 4.32. The molecule has 0 saturated heterocycles. The number of aromatic nitrogens is 2. The van der Waals surface area contributed by atoms with E-state index in [1.807, 2.05) is 6.07 Å². The molecule has 0 saturated carbocycles. The maximum Gasteiger partial charge on any atom is 0.273 e. The van der Waals surface area contributed by atoms with Crippen LogP contribution in [0.2, 0.25) is 5.02 Å². The molecule has 0 aliphatic carbocycles. The summed E-state index contributed by atoms with van der Waals surface area (Å²) in [5.41, 5.74) is 0.721. The highest BCUT2D eigenvalue weighted by Crippen LogP contribution is 2.24. The van der Waals surface area contributed by atoms with Gasteiger partial charge in [-0.15, -0.1) is 0 Å². The van der Waals surface area contributed by atoms with E-state index in [9.17, 15) is 4.79 Å². The molecule has 0 aliphatic heterocycles. The van der Waals surface area contributed by atoms with Gasteiger partial charge in [0, 0.05) is 10.6 Å². The molecular weight excluding hydrogens is 302 g/mol. The summed E-state index contributed by atoms with van der Waals surface area (Å²) in [7, 11) is 1.79. The lowest BCUT2D eigenvalue weighted by atomic mass is 10.2. The molecule has 2 rings (SSSR count). The molecule has 1 aromatic heterocycles. The van der Waals surface area contributed by atoms with Crippen LogP contribution in [0.1, 0.15) is 0 Å². The third-order valence-electron chi connectivity index (χ3n) is 1.91. The van der Waals surface area contributed by atoms with E-state index in [-0.39, 0.29) is 5.56 Å². The van der Waals surface area contributed by atoms with Gasteiger partial charge in [0.15, 0.2) is 0 Å². The quantitative estimate of drug-likeness (QED) is 0.744. The fraction of sp³-hybridized carbons (Fsp3) is 0.125. The fourth-order valence-corrected chi connectivity index (χ4v) is 2.40. The van der Waals surface area contributed by atoms with Crippen LogP contribution in [-0.4, -0.2) is 9.78 Å². The SMILES string of the molecule is Cn1[nH]c(=O)c2c(Cl)ccc(I)c21. The largest absolute Gasteiger partial charge is 0.286 e. The number of nitrogens with zero attached hydrogens (tertiary/aromatic N) is 1. The van der Waals surface area contributed by atoms with Crippen molar-refractivity contribution in [3.05, 3.63) is 31.1 Å². The van der Waals surface area contributed by atoms with Crippen LogP contribution in [0.3, 0.4) is 0 Å². The Labute approximate surface area is 92.8 Å². The van der Waals surface area contributed by atoms with E-state index in [4.69, 9.17) is 11.6 Å². The van der Waals surface area contributed by atoms with E-state index in [1.165, 1.54) is 0 Å². The topological polar surface area (TPSA) is 37.8 Å². The number of benzene rings is 1. The zero-order valence-corrected chi connectivity index (χ0v) is 9.68. The number of nitrogens with one attached hydrogen (secondary N) is 1. The minimum atomic E-state index is -0.138. The molecule has 0 unspecified atom stereocenters. The average molecular weight is 309 g/mol. The van der Waals surface area contributed by atoms with Gasteiger partial charge in [0.2, 0.25) is 0 Å². The highest BCUT2D eigenvalue weighted by molar-refractivity contribution is 14.1. The van der Waals surface area contributed by atoms with Crippen molar-refractivity contribution in [3.8, 4) is 0 Å². The molecule has 2 aromatic rings. The van der Waals surface area contributed by atoms with Gasteiger partial charge >= 0.3 is 0 Å². The number of aryl methyl sites for hydroxylation is 1. The molecule has 0 amide bonds. The number of fused-ring (bicyclic) bond motifs is 1. The molecule has 5 heteroatoms. The van der Waals surface area contributed by atoms with Gasteiger partial charge in [0.1, 0.15) is 0 Å². The molecule has 0 atom stereocenters. The van der Waals surface area contributed by atoms with Gasteiger partial charge in [-0.3, -0.25) is 14.6 Å². The van der Waals surface area contributed by atoms with Crippen LogP contribution in [0.15, 0.2) is 16.9 Å². The van der Waals surface area contributed by atoms with Crippen molar-refractivity contribution >= 4 is 45.1 Å². The molecule has 13 heavy (non-hydrogen) atoms. The first-order chi connectivity index (χ1) is 6.11. The summed E-state index contributed by atoms with van der Waals surface area (Å²) in [5, 5.41) is 3.73. The van der Waals surface area contributed by atoms with E-state index in [2.05, 4.69) is 27.7 Å². The van der Waals surface area contributed by atoms with Crippen LogP contribution in [0.5, 0.6) is 0 Å². The Morgan fingerprint density at radius 1 is 1.54 bits per heavy atom. The molecule has 68 valence electrons.